The first-order chi connectivity index (χ1) is 11.7. The number of carbonyl (C=O) groups is 1. The maximum atomic E-state index is 12.2. The molecule has 3 N–H and O–H groups in total. The van der Waals surface area contributed by atoms with E-state index in [9.17, 15) is 4.79 Å². The summed E-state index contributed by atoms with van der Waals surface area (Å²) < 4.78 is 5.85. The summed E-state index contributed by atoms with van der Waals surface area (Å²) in [5.74, 6) is 0.0390. The number of para-hydroxylation sites is 1. The second-order valence-corrected chi connectivity index (χ2v) is 7.30. The Bertz CT molecular complexity index is 541. The first-order valence-electron chi connectivity index (χ1n) is 9.04. The lowest BCUT2D eigenvalue weighted by atomic mass is 10.1. The number of carbonyl (C=O) groups excluding carboxylic acids is 1. The molecule has 0 saturated carbocycles. The minimum atomic E-state index is 0.0390. The van der Waals surface area contributed by atoms with Crippen LogP contribution in [0.25, 0.3) is 0 Å². The smallest absolute Gasteiger partial charge is 0.279 e. The van der Waals surface area contributed by atoms with E-state index < -0.39 is 0 Å². The van der Waals surface area contributed by atoms with Crippen LogP contribution in [0.1, 0.15) is 19.3 Å². The van der Waals surface area contributed by atoms with Gasteiger partial charge < -0.3 is 19.9 Å². The summed E-state index contributed by atoms with van der Waals surface area (Å²) in [6.07, 6.45) is 4.17. The molecule has 5 nitrogen and oxygen atoms in total. The van der Waals surface area contributed by atoms with Crippen LogP contribution < -0.4 is 15.1 Å². The van der Waals surface area contributed by atoms with Gasteiger partial charge in [-0.05, 0) is 31.4 Å². The Morgan fingerprint density at radius 1 is 1.17 bits per heavy atom. The van der Waals surface area contributed by atoms with E-state index in [1.54, 1.807) is 11.0 Å². The summed E-state index contributed by atoms with van der Waals surface area (Å²) in [6.45, 7) is 6.88. The SMILES string of the molecule is O=C(C[NH+]1CC[NH+](C[C@@H]2CCCCO2)CC1)Nc1ccccc1Cl. The highest BCUT2D eigenvalue weighted by Gasteiger charge is 2.27. The van der Waals surface area contributed by atoms with Crippen LogP contribution in [0.5, 0.6) is 0 Å². The predicted octanol–water partition coefficient (Wildman–Crippen LogP) is -0.369. The number of hydrogen-bond acceptors (Lipinski definition) is 2. The number of hydrogen-bond donors (Lipinski definition) is 3. The highest BCUT2D eigenvalue weighted by Crippen LogP contribution is 2.19. The molecule has 0 radical (unpaired) electrons. The van der Waals surface area contributed by atoms with E-state index in [0.717, 1.165) is 39.3 Å². The van der Waals surface area contributed by atoms with Crippen LogP contribution in [0.2, 0.25) is 5.02 Å². The molecule has 6 heteroatoms. The Hall–Kier alpha value is -1.14. The van der Waals surface area contributed by atoms with E-state index in [2.05, 4.69) is 5.32 Å². The second kappa shape index (κ2) is 8.81. The number of benzene rings is 1. The predicted molar refractivity (Wildman–Crippen MR) is 94.8 cm³/mol. The van der Waals surface area contributed by atoms with E-state index in [0.29, 0.717) is 23.4 Å². The van der Waals surface area contributed by atoms with Crippen molar-refractivity contribution in [2.45, 2.75) is 25.4 Å². The molecule has 2 fully saturated rings. The maximum absolute atomic E-state index is 12.2. The number of amides is 1. The summed E-state index contributed by atoms with van der Waals surface area (Å²) in [7, 11) is 0. The number of nitrogens with one attached hydrogen (secondary N) is 3. The number of piperazine rings is 1. The molecule has 2 aliphatic rings. The number of rotatable bonds is 5. The van der Waals surface area contributed by atoms with Gasteiger partial charge in [0.2, 0.25) is 0 Å². The van der Waals surface area contributed by atoms with Crippen molar-refractivity contribution in [2.75, 3.05) is 51.2 Å². The third kappa shape index (κ3) is 5.18. The molecule has 2 aliphatic heterocycles. The first kappa shape index (κ1) is 17.7. The average Bonchev–Trinajstić information content (AvgIpc) is 2.60. The molecule has 3 rings (SSSR count). The maximum Gasteiger partial charge on any atom is 0.279 e. The summed E-state index contributed by atoms with van der Waals surface area (Å²) in [4.78, 5) is 15.2. The lowest BCUT2D eigenvalue weighted by Gasteiger charge is -2.32. The van der Waals surface area contributed by atoms with Crippen molar-refractivity contribution < 1.29 is 19.3 Å². The van der Waals surface area contributed by atoms with Gasteiger partial charge in [-0.15, -0.1) is 0 Å². The second-order valence-electron chi connectivity index (χ2n) is 6.90. The van der Waals surface area contributed by atoms with Crippen LogP contribution in [-0.2, 0) is 9.53 Å². The van der Waals surface area contributed by atoms with Gasteiger partial charge in [0.15, 0.2) is 6.54 Å². The van der Waals surface area contributed by atoms with Crippen molar-refractivity contribution >= 4 is 23.2 Å². The molecule has 24 heavy (non-hydrogen) atoms. The van der Waals surface area contributed by atoms with Crippen LogP contribution in [0.15, 0.2) is 24.3 Å². The molecule has 2 heterocycles. The van der Waals surface area contributed by atoms with Crippen molar-refractivity contribution in [1.82, 2.24) is 0 Å². The van der Waals surface area contributed by atoms with Gasteiger partial charge in [0.1, 0.15) is 38.8 Å². The lowest BCUT2D eigenvalue weighted by molar-refractivity contribution is -1.01. The third-order valence-corrected chi connectivity index (χ3v) is 5.34. The van der Waals surface area contributed by atoms with Gasteiger partial charge in [0.05, 0.1) is 10.7 Å². The molecule has 1 aromatic carbocycles. The van der Waals surface area contributed by atoms with Gasteiger partial charge >= 0.3 is 0 Å². The molecule has 132 valence electrons. The highest BCUT2D eigenvalue weighted by atomic mass is 35.5. The summed E-state index contributed by atoms with van der Waals surface area (Å²) >= 11 is 6.09. The van der Waals surface area contributed by atoms with Gasteiger partial charge in [-0.1, -0.05) is 23.7 Å². The van der Waals surface area contributed by atoms with E-state index in [-0.39, 0.29) is 5.91 Å². The fourth-order valence-corrected chi connectivity index (χ4v) is 3.80. The Labute approximate surface area is 148 Å². The first-order valence-corrected chi connectivity index (χ1v) is 9.41. The fourth-order valence-electron chi connectivity index (χ4n) is 3.61. The van der Waals surface area contributed by atoms with E-state index in [4.69, 9.17) is 16.3 Å². The van der Waals surface area contributed by atoms with Crippen LogP contribution in [-0.4, -0.2) is 57.9 Å². The minimum Gasteiger partial charge on any atom is -0.372 e. The quantitative estimate of drug-likeness (QED) is 0.676. The zero-order valence-electron chi connectivity index (χ0n) is 14.2. The van der Waals surface area contributed by atoms with Crippen LogP contribution in [0.4, 0.5) is 5.69 Å². The Kier molecular flexibility index (Phi) is 6.49. The Morgan fingerprint density at radius 3 is 2.62 bits per heavy atom. The Morgan fingerprint density at radius 2 is 1.92 bits per heavy atom. The van der Waals surface area contributed by atoms with Gasteiger partial charge in [-0.25, -0.2) is 0 Å². The van der Waals surface area contributed by atoms with Crippen molar-refractivity contribution in [3.8, 4) is 0 Å². The van der Waals surface area contributed by atoms with Crippen molar-refractivity contribution in [3.05, 3.63) is 29.3 Å². The molecule has 0 unspecified atom stereocenters. The molecule has 2 saturated heterocycles. The average molecular weight is 354 g/mol. The largest absolute Gasteiger partial charge is 0.372 e. The number of halogens is 1. The van der Waals surface area contributed by atoms with Gasteiger partial charge in [-0.2, -0.15) is 0 Å². The lowest BCUT2D eigenvalue weighted by Crippen LogP contribution is -3.28. The van der Waals surface area contributed by atoms with Crippen LogP contribution in [0, 0.1) is 0 Å². The molecule has 1 amide bonds. The zero-order chi connectivity index (χ0) is 16.8. The minimum absolute atomic E-state index is 0.0390. The van der Waals surface area contributed by atoms with E-state index in [1.807, 2.05) is 18.2 Å². The number of ether oxygens (including phenoxy) is 1. The van der Waals surface area contributed by atoms with Crippen molar-refractivity contribution in [3.63, 3.8) is 0 Å². The van der Waals surface area contributed by atoms with Gasteiger partial charge in [0.25, 0.3) is 5.91 Å². The topological polar surface area (TPSA) is 47.2 Å². The monoisotopic (exact) mass is 353 g/mol. The molecule has 0 bridgehead atoms. The fraction of sp³-hybridized carbons (Fsp3) is 0.611. The van der Waals surface area contributed by atoms with Gasteiger partial charge in [-0.3, -0.25) is 4.79 Å². The normalized spacial score (nSPS) is 27.6. The zero-order valence-corrected chi connectivity index (χ0v) is 14.9. The summed E-state index contributed by atoms with van der Waals surface area (Å²) in [5.41, 5.74) is 0.697. The molecule has 0 aliphatic carbocycles. The molecule has 0 spiro atoms. The molecule has 1 atom stereocenters. The Balaban J connectivity index is 1.38. The molecule has 0 aromatic heterocycles. The highest BCUT2D eigenvalue weighted by molar-refractivity contribution is 6.33. The molecule has 1 aromatic rings. The number of anilines is 1. The third-order valence-electron chi connectivity index (χ3n) is 5.01. The van der Waals surface area contributed by atoms with Crippen LogP contribution in [0.3, 0.4) is 0 Å². The van der Waals surface area contributed by atoms with Crippen LogP contribution >= 0.6 is 11.6 Å². The van der Waals surface area contributed by atoms with E-state index >= 15 is 0 Å². The van der Waals surface area contributed by atoms with E-state index in [1.165, 1.54) is 24.2 Å². The standard InChI is InChI=1S/C18H26ClN3O2/c19-16-6-1-2-7-17(16)20-18(23)14-22-10-8-21(9-11-22)13-15-5-3-4-12-24-15/h1-2,6-7,15H,3-5,8-14H2,(H,20,23)/p+2/t15-/m0/s1. The van der Waals surface area contributed by atoms with Crippen molar-refractivity contribution in [1.29, 1.82) is 0 Å². The van der Waals surface area contributed by atoms with Crippen molar-refractivity contribution in [2.24, 2.45) is 0 Å². The number of quaternary nitrogens is 2. The summed E-state index contributed by atoms with van der Waals surface area (Å²) in [6, 6.07) is 7.37. The molecular formula is C18H28ClN3O2+2. The summed E-state index contributed by atoms with van der Waals surface area (Å²) in [5, 5.41) is 3.50. The molecular weight excluding hydrogens is 326 g/mol. The van der Waals surface area contributed by atoms with Gasteiger partial charge in [0, 0.05) is 6.61 Å².